The molecule has 0 aliphatic heterocycles. The Morgan fingerprint density at radius 2 is 0.821 bits per heavy atom. The van der Waals surface area contributed by atoms with Crippen molar-refractivity contribution in [1.82, 2.24) is 5.32 Å². The Kier molecular flexibility index (Phi) is 5.65. The van der Waals surface area contributed by atoms with Crippen molar-refractivity contribution in [2.45, 2.75) is 12.0 Å². The standard InChI is InChI=1S/C27H25N/c1-5-13-23(14-6-1)21-22-28-27(24-15-7-2-8-16-24,25-17-9-3-10-18-25)26-19-11-4-12-20-26/h1-20,28H,21-22H2. The van der Waals surface area contributed by atoms with Gasteiger partial charge >= 0.3 is 0 Å². The lowest BCUT2D eigenvalue weighted by Crippen LogP contribution is -2.45. The van der Waals surface area contributed by atoms with Crippen LogP contribution in [0.2, 0.25) is 0 Å². The van der Waals surface area contributed by atoms with E-state index in [1.54, 1.807) is 0 Å². The Hall–Kier alpha value is -3.16. The first kappa shape index (κ1) is 18.2. The van der Waals surface area contributed by atoms with Crippen LogP contribution in [0.3, 0.4) is 0 Å². The highest BCUT2D eigenvalue weighted by Crippen LogP contribution is 2.36. The molecule has 0 aromatic heterocycles. The third kappa shape index (κ3) is 3.76. The molecule has 4 aromatic carbocycles. The molecule has 0 amide bonds. The first-order valence-electron chi connectivity index (χ1n) is 9.85. The fourth-order valence-corrected chi connectivity index (χ4v) is 3.91. The quantitative estimate of drug-likeness (QED) is 0.409. The smallest absolute Gasteiger partial charge is 0.0948 e. The second kappa shape index (κ2) is 8.69. The molecule has 0 unspecified atom stereocenters. The molecule has 0 aliphatic rings. The van der Waals surface area contributed by atoms with E-state index in [0.29, 0.717) is 0 Å². The molecule has 0 aliphatic carbocycles. The summed E-state index contributed by atoms with van der Waals surface area (Å²) in [5.41, 5.74) is 4.71. The molecule has 138 valence electrons. The molecule has 0 radical (unpaired) electrons. The maximum atomic E-state index is 3.93. The van der Waals surface area contributed by atoms with Crippen LogP contribution in [-0.4, -0.2) is 6.54 Å². The SMILES string of the molecule is c1ccc(CCNC(c2ccccc2)(c2ccccc2)c2ccccc2)cc1. The summed E-state index contributed by atoms with van der Waals surface area (Å²) < 4.78 is 0. The van der Waals surface area contributed by atoms with Crippen LogP contribution in [0.15, 0.2) is 121 Å². The number of benzene rings is 4. The minimum atomic E-state index is -0.390. The molecule has 1 N–H and O–H groups in total. The molecule has 0 bridgehead atoms. The summed E-state index contributed by atoms with van der Waals surface area (Å²) in [7, 11) is 0. The van der Waals surface area contributed by atoms with Crippen LogP contribution in [0.5, 0.6) is 0 Å². The highest BCUT2D eigenvalue weighted by molar-refractivity contribution is 5.49. The third-order valence-corrected chi connectivity index (χ3v) is 5.27. The molecule has 4 aromatic rings. The van der Waals surface area contributed by atoms with Crippen LogP contribution in [-0.2, 0) is 12.0 Å². The minimum absolute atomic E-state index is 0.390. The van der Waals surface area contributed by atoms with E-state index in [1.165, 1.54) is 22.3 Å². The number of hydrogen-bond acceptors (Lipinski definition) is 1. The maximum absolute atomic E-state index is 3.93. The summed E-state index contributed by atoms with van der Waals surface area (Å²) >= 11 is 0. The molecule has 0 saturated heterocycles. The average molecular weight is 364 g/mol. The predicted molar refractivity (Wildman–Crippen MR) is 117 cm³/mol. The van der Waals surface area contributed by atoms with Gasteiger partial charge in [0.2, 0.25) is 0 Å². The molecule has 28 heavy (non-hydrogen) atoms. The number of rotatable bonds is 7. The summed E-state index contributed by atoms with van der Waals surface area (Å²) in [5, 5.41) is 3.93. The number of hydrogen-bond donors (Lipinski definition) is 1. The molecular formula is C27H25N. The van der Waals surface area contributed by atoms with Gasteiger partial charge in [-0.3, -0.25) is 5.32 Å². The molecular weight excluding hydrogens is 338 g/mol. The molecule has 0 heterocycles. The fraction of sp³-hybridized carbons (Fsp3) is 0.111. The molecule has 1 nitrogen and oxygen atoms in total. The largest absolute Gasteiger partial charge is 0.300 e. The Morgan fingerprint density at radius 3 is 1.21 bits per heavy atom. The number of nitrogens with one attached hydrogen (secondary N) is 1. The maximum Gasteiger partial charge on any atom is 0.0948 e. The summed E-state index contributed by atoms with van der Waals surface area (Å²) in [6, 6.07) is 42.9. The van der Waals surface area contributed by atoms with Crippen LogP contribution in [0.1, 0.15) is 22.3 Å². The lowest BCUT2D eigenvalue weighted by molar-refractivity contribution is 0.476. The Morgan fingerprint density at radius 1 is 0.464 bits per heavy atom. The lowest BCUT2D eigenvalue weighted by atomic mass is 9.77. The zero-order chi connectivity index (χ0) is 19.1. The van der Waals surface area contributed by atoms with Gasteiger partial charge in [-0.2, -0.15) is 0 Å². The topological polar surface area (TPSA) is 12.0 Å². The minimum Gasteiger partial charge on any atom is -0.300 e. The van der Waals surface area contributed by atoms with Gasteiger partial charge in [0.15, 0.2) is 0 Å². The molecule has 4 rings (SSSR count). The zero-order valence-electron chi connectivity index (χ0n) is 16.0. The summed E-state index contributed by atoms with van der Waals surface area (Å²) in [5.74, 6) is 0. The van der Waals surface area contributed by atoms with Crippen molar-refractivity contribution in [2.75, 3.05) is 6.54 Å². The molecule has 0 atom stereocenters. The Balaban J connectivity index is 1.79. The van der Waals surface area contributed by atoms with Crippen molar-refractivity contribution in [3.05, 3.63) is 144 Å². The first-order chi connectivity index (χ1) is 13.9. The van der Waals surface area contributed by atoms with Crippen LogP contribution < -0.4 is 5.32 Å². The Labute approximate surface area is 167 Å². The van der Waals surface area contributed by atoms with Gasteiger partial charge in [0, 0.05) is 6.54 Å². The second-order valence-electron chi connectivity index (χ2n) is 7.01. The summed E-state index contributed by atoms with van der Waals surface area (Å²) in [6.07, 6.45) is 0.981. The van der Waals surface area contributed by atoms with E-state index in [0.717, 1.165) is 13.0 Å². The predicted octanol–water partition coefficient (Wildman–Crippen LogP) is 5.81. The van der Waals surface area contributed by atoms with E-state index in [1.807, 2.05) is 0 Å². The normalized spacial score (nSPS) is 11.3. The fourth-order valence-electron chi connectivity index (χ4n) is 3.91. The first-order valence-corrected chi connectivity index (χ1v) is 9.85. The molecule has 1 heteroatoms. The molecule has 0 saturated carbocycles. The monoisotopic (exact) mass is 363 g/mol. The van der Waals surface area contributed by atoms with Crippen molar-refractivity contribution < 1.29 is 0 Å². The van der Waals surface area contributed by atoms with Crippen molar-refractivity contribution in [3.63, 3.8) is 0 Å². The van der Waals surface area contributed by atoms with E-state index in [9.17, 15) is 0 Å². The van der Waals surface area contributed by atoms with E-state index in [2.05, 4.69) is 127 Å². The van der Waals surface area contributed by atoms with Gasteiger partial charge in [0.25, 0.3) is 0 Å². The van der Waals surface area contributed by atoms with Gasteiger partial charge in [-0.1, -0.05) is 121 Å². The summed E-state index contributed by atoms with van der Waals surface area (Å²) in [4.78, 5) is 0. The van der Waals surface area contributed by atoms with Crippen molar-refractivity contribution in [1.29, 1.82) is 0 Å². The van der Waals surface area contributed by atoms with Crippen molar-refractivity contribution in [2.24, 2.45) is 0 Å². The van der Waals surface area contributed by atoms with Gasteiger partial charge in [0.1, 0.15) is 0 Å². The van der Waals surface area contributed by atoms with E-state index in [-0.39, 0.29) is 0 Å². The zero-order valence-corrected chi connectivity index (χ0v) is 16.0. The van der Waals surface area contributed by atoms with Crippen LogP contribution in [0, 0.1) is 0 Å². The van der Waals surface area contributed by atoms with Crippen molar-refractivity contribution in [3.8, 4) is 0 Å². The molecule has 0 spiro atoms. The summed E-state index contributed by atoms with van der Waals surface area (Å²) in [6.45, 7) is 0.878. The van der Waals surface area contributed by atoms with Gasteiger partial charge < -0.3 is 0 Å². The second-order valence-corrected chi connectivity index (χ2v) is 7.01. The van der Waals surface area contributed by atoms with E-state index in [4.69, 9.17) is 0 Å². The highest BCUT2D eigenvalue weighted by Gasteiger charge is 2.35. The van der Waals surface area contributed by atoms with Gasteiger partial charge in [0.05, 0.1) is 5.54 Å². The van der Waals surface area contributed by atoms with Crippen LogP contribution in [0.4, 0.5) is 0 Å². The van der Waals surface area contributed by atoms with Gasteiger partial charge in [-0.15, -0.1) is 0 Å². The average Bonchev–Trinajstić information content (AvgIpc) is 2.79. The third-order valence-electron chi connectivity index (χ3n) is 5.27. The van der Waals surface area contributed by atoms with Crippen LogP contribution in [0.25, 0.3) is 0 Å². The van der Waals surface area contributed by atoms with Gasteiger partial charge in [-0.25, -0.2) is 0 Å². The van der Waals surface area contributed by atoms with Gasteiger partial charge in [-0.05, 0) is 28.7 Å². The van der Waals surface area contributed by atoms with E-state index >= 15 is 0 Å². The lowest BCUT2D eigenvalue weighted by Gasteiger charge is -2.37. The van der Waals surface area contributed by atoms with E-state index < -0.39 is 5.54 Å². The molecule has 0 fully saturated rings. The van der Waals surface area contributed by atoms with Crippen molar-refractivity contribution >= 4 is 0 Å². The highest BCUT2D eigenvalue weighted by atomic mass is 15.0. The van der Waals surface area contributed by atoms with Crippen LogP contribution >= 0.6 is 0 Å². The Bertz CT molecular complexity index is 867.